The Kier molecular flexibility index (Phi) is 9.72. The van der Waals surface area contributed by atoms with Gasteiger partial charge in [-0.25, -0.2) is 4.79 Å². The monoisotopic (exact) mass is 455 g/mol. The van der Waals surface area contributed by atoms with Gasteiger partial charge in [-0.1, -0.05) is 29.8 Å². The first-order valence-electron chi connectivity index (χ1n) is 10.9. The summed E-state index contributed by atoms with van der Waals surface area (Å²) in [6, 6.07) is 15.0. The molecule has 0 saturated carbocycles. The molecule has 0 radical (unpaired) electrons. The topological polar surface area (TPSA) is 106 Å². The smallest absolute Gasteiger partial charge is 0.408 e. The standard InChI is InChI=1S/C25H33N3O5/c1-18-10-12-21(13-11-18)32-14-6-9-22(29)28-20-8-5-7-19(15-20)16-26-23(30)17-27-24(31)33-25(2,3)4/h5,7-8,10-13,15H,6,9,14,16-17H2,1-4H3,(H,26,30)(H,27,31)(H,28,29). The van der Waals surface area contributed by atoms with Crippen LogP contribution in [-0.4, -0.2) is 36.7 Å². The highest BCUT2D eigenvalue weighted by molar-refractivity contribution is 5.90. The van der Waals surface area contributed by atoms with Gasteiger partial charge < -0.3 is 25.4 Å². The van der Waals surface area contributed by atoms with Gasteiger partial charge in [-0.3, -0.25) is 9.59 Å². The van der Waals surface area contributed by atoms with Crippen LogP contribution in [0.2, 0.25) is 0 Å². The van der Waals surface area contributed by atoms with E-state index >= 15 is 0 Å². The summed E-state index contributed by atoms with van der Waals surface area (Å²) in [7, 11) is 0. The number of aryl methyl sites for hydroxylation is 1. The first-order valence-corrected chi connectivity index (χ1v) is 10.9. The summed E-state index contributed by atoms with van der Waals surface area (Å²) in [5.41, 5.74) is 2.01. The minimum Gasteiger partial charge on any atom is -0.494 e. The number of hydrogen-bond acceptors (Lipinski definition) is 5. The second kappa shape index (κ2) is 12.5. The molecule has 0 aliphatic rings. The van der Waals surface area contributed by atoms with Crippen LogP contribution in [0.1, 0.15) is 44.7 Å². The number of nitrogens with one attached hydrogen (secondary N) is 3. The summed E-state index contributed by atoms with van der Waals surface area (Å²) in [6.45, 7) is 7.80. The molecule has 8 heteroatoms. The van der Waals surface area contributed by atoms with Gasteiger partial charge in [0.2, 0.25) is 11.8 Å². The molecule has 0 unspecified atom stereocenters. The number of benzene rings is 2. The van der Waals surface area contributed by atoms with Gasteiger partial charge in [0, 0.05) is 18.7 Å². The molecule has 0 aromatic heterocycles. The number of carbonyl (C=O) groups excluding carboxylic acids is 3. The van der Waals surface area contributed by atoms with Crippen molar-refractivity contribution in [2.45, 2.75) is 52.7 Å². The molecule has 3 N–H and O–H groups in total. The lowest BCUT2D eigenvalue weighted by atomic mass is 10.2. The van der Waals surface area contributed by atoms with Crippen molar-refractivity contribution >= 4 is 23.6 Å². The Balaban J connectivity index is 1.68. The molecule has 3 amide bonds. The van der Waals surface area contributed by atoms with Gasteiger partial charge in [0.15, 0.2) is 0 Å². The molecular formula is C25H33N3O5. The summed E-state index contributed by atoms with van der Waals surface area (Å²) in [4.78, 5) is 35.8. The zero-order chi connectivity index (χ0) is 24.3. The largest absolute Gasteiger partial charge is 0.494 e. The van der Waals surface area contributed by atoms with E-state index in [1.54, 1.807) is 39.0 Å². The van der Waals surface area contributed by atoms with Gasteiger partial charge in [0.1, 0.15) is 17.9 Å². The molecule has 0 bridgehead atoms. The van der Waals surface area contributed by atoms with Gasteiger partial charge >= 0.3 is 6.09 Å². The minimum absolute atomic E-state index is 0.106. The van der Waals surface area contributed by atoms with Crippen molar-refractivity contribution in [2.75, 3.05) is 18.5 Å². The van der Waals surface area contributed by atoms with E-state index in [1.807, 2.05) is 37.3 Å². The molecule has 0 spiro atoms. The third-order valence-corrected chi connectivity index (χ3v) is 4.33. The number of alkyl carbamates (subject to hydrolysis) is 1. The van der Waals surface area contributed by atoms with Crippen LogP contribution in [0.5, 0.6) is 5.75 Å². The van der Waals surface area contributed by atoms with Crippen molar-refractivity contribution < 1.29 is 23.9 Å². The van der Waals surface area contributed by atoms with E-state index in [9.17, 15) is 14.4 Å². The maximum atomic E-state index is 12.2. The van der Waals surface area contributed by atoms with Crippen molar-refractivity contribution in [1.82, 2.24) is 10.6 Å². The number of ether oxygens (including phenoxy) is 2. The Morgan fingerprint density at radius 3 is 2.36 bits per heavy atom. The molecule has 0 aliphatic heterocycles. The summed E-state index contributed by atoms with van der Waals surface area (Å²) in [5.74, 6) is 0.339. The first-order chi connectivity index (χ1) is 15.6. The predicted molar refractivity (Wildman–Crippen MR) is 127 cm³/mol. The molecule has 0 aliphatic carbocycles. The highest BCUT2D eigenvalue weighted by Gasteiger charge is 2.16. The van der Waals surface area contributed by atoms with E-state index in [0.717, 1.165) is 11.3 Å². The number of carbonyl (C=O) groups is 3. The third kappa shape index (κ3) is 11.0. The fourth-order valence-electron chi connectivity index (χ4n) is 2.77. The Hall–Kier alpha value is -3.55. The quantitative estimate of drug-likeness (QED) is 0.471. The normalized spacial score (nSPS) is 10.8. The van der Waals surface area contributed by atoms with Crippen molar-refractivity contribution in [3.05, 3.63) is 59.7 Å². The lowest BCUT2D eigenvalue weighted by Gasteiger charge is -2.19. The fraction of sp³-hybridized carbons (Fsp3) is 0.400. The summed E-state index contributed by atoms with van der Waals surface area (Å²) >= 11 is 0. The Labute approximate surface area is 195 Å². The second-order valence-corrected chi connectivity index (χ2v) is 8.65. The van der Waals surface area contributed by atoms with Crippen molar-refractivity contribution in [2.24, 2.45) is 0 Å². The maximum absolute atomic E-state index is 12.2. The summed E-state index contributed by atoms with van der Waals surface area (Å²) in [5, 5.41) is 7.99. The van der Waals surface area contributed by atoms with Gasteiger partial charge in [-0.15, -0.1) is 0 Å². The van der Waals surface area contributed by atoms with E-state index in [0.29, 0.717) is 25.1 Å². The average Bonchev–Trinajstić information content (AvgIpc) is 2.74. The highest BCUT2D eigenvalue weighted by Crippen LogP contribution is 2.13. The van der Waals surface area contributed by atoms with Crippen LogP contribution in [0.25, 0.3) is 0 Å². The van der Waals surface area contributed by atoms with Gasteiger partial charge in [0.05, 0.1) is 6.61 Å². The molecule has 0 heterocycles. The molecule has 2 aromatic rings. The molecule has 178 valence electrons. The van der Waals surface area contributed by atoms with Crippen LogP contribution in [0, 0.1) is 6.92 Å². The molecular weight excluding hydrogens is 422 g/mol. The van der Waals surface area contributed by atoms with Gasteiger partial charge in [-0.05, 0) is 63.9 Å². The molecule has 0 saturated heterocycles. The molecule has 0 atom stereocenters. The third-order valence-electron chi connectivity index (χ3n) is 4.33. The van der Waals surface area contributed by atoms with Crippen LogP contribution >= 0.6 is 0 Å². The van der Waals surface area contributed by atoms with Crippen LogP contribution in [0.3, 0.4) is 0 Å². The van der Waals surface area contributed by atoms with E-state index < -0.39 is 11.7 Å². The zero-order valence-corrected chi connectivity index (χ0v) is 19.7. The minimum atomic E-state index is -0.647. The van der Waals surface area contributed by atoms with Crippen molar-refractivity contribution in [1.29, 1.82) is 0 Å². The van der Waals surface area contributed by atoms with Crippen LogP contribution in [-0.2, 0) is 20.9 Å². The average molecular weight is 456 g/mol. The lowest BCUT2D eigenvalue weighted by Crippen LogP contribution is -2.39. The summed E-state index contributed by atoms with van der Waals surface area (Å²) < 4.78 is 10.7. The van der Waals surface area contributed by atoms with Crippen molar-refractivity contribution in [3.63, 3.8) is 0 Å². The van der Waals surface area contributed by atoms with Gasteiger partial charge in [0.25, 0.3) is 0 Å². The molecule has 8 nitrogen and oxygen atoms in total. The number of anilines is 1. The Morgan fingerprint density at radius 1 is 0.939 bits per heavy atom. The lowest BCUT2D eigenvalue weighted by molar-refractivity contribution is -0.120. The fourth-order valence-corrected chi connectivity index (χ4v) is 2.77. The molecule has 33 heavy (non-hydrogen) atoms. The summed E-state index contributed by atoms with van der Waals surface area (Å²) in [6.07, 6.45) is 0.287. The molecule has 2 aromatic carbocycles. The van der Waals surface area contributed by atoms with Crippen molar-refractivity contribution in [3.8, 4) is 5.75 Å². The van der Waals surface area contributed by atoms with Crippen LogP contribution in [0.15, 0.2) is 48.5 Å². The first kappa shape index (κ1) is 25.7. The van der Waals surface area contributed by atoms with E-state index in [1.165, 1.54) is 5.56 Å². The maximum Gasteiger partial charge on any atom is 0.408 e. The Bertz CT molecular complexity index is 936. The van der Waals surface area contributed by atoms with Crippen LogP contribution < -0.4 is 20.7 Å². The Morgan fingerprint density at radius 2 is 1.67 bits per heavy atom. The highest BCUT2D eigenvalue weighted by atomic mass is 16.6. The second-order valence-electron chi connectivity index (χ2n) is 8.65. The van der Waals surface area contributed by atoms with E-state index in [2.05, 4.69) is 16.0 Å². The predicted octanol–water partition coefficient (Wildman–Crippen LogP) is 3.93. The van der Waals surface area contributed by atoms with E-state index in [4.69, 9.17) is 9.47 Å². The van der Waals surface area contributed by atoms with Gasteiger partial charge in [-0.2, -0.15) is 0 Å². The molecule has 0 fully saturated rings. The number of amides is 3. The zero-order valence-electron chi connectivity index (χ0n) is 19.7. The molecule has 2 rings (SSSR count). The SMILES string of the molecule is Cc1ccc(OCCCC(=O)Nc2cccc(CNC(=O)CNC(=O)OC(C)(C)C)c2)cc1. The van der Waals surface area contributed by atoms with E-state index in [-0.39, 0.29) is 24.9 Å². The number of rotatable bonds is 10. The van der Waals surface area contributed by atoms with Crippen LogP contribution in [0.4, 0.5) is 10.5 Å². The number of hydrogen-bond donors (Lipinski definition) is 3.